The summed E-state index contributed by atoms with van der Waals surface area (Å²) >= 11 is 0. The zero-order valence-corrected chi connectivity index (χ0v) is 14.2. The largest absolute Gasteiger partial charge is 0.465 e. The molecule has 3 rings (SSSR count). The number of carbonyl (C=O) groups excluding carboxylic acids is 1. The lowest BCUT2D eigenvalue weighted by atomic mass is 10.0. The van der Waals surface area contributed by atoms with Gasteiger partial charge in [-0.05, 0) is 35.3 Å². The first-order valence-corrected chi connectivity index (χ1v) is 8.38. The molecular formula is C22H21NO2. The van der Waals surface area contributed by atoms with Crippen LogP contribution in [0.2, 0.25) is 0 Å². The molecule has 1 atom stereocenters. The Morgan fingerprint density at radius 3 is 2.32 bits per heavy atom. The molecule has 0 spiro atoms. The fourth-order valence-electron chi connectivity index (χ4n) is 2.65. The highest BCUT2D eigenvalue weighted by atomic mass is 16.3. The fraction of sp³-hybridized carbons (Fsp3) is 0.136. The summed E-state index contributed by atoms with van der Waals surface area (Å²) in [4.78, 5) is 12.8. The van der Waals surface area contributed by atoms with E-state index in [2.05, 4.69) is 24.4 Å². The summed E-state index contributed by atoms with van der Waals surface area (Å²) in [5.74, 6) is 0.793. The van der Waals surface area contributed by atoms with Crippen LogP contribution < -0.4 is 5.32 Å². The minimum Gasteiger partial charge on any atom is -0.465 e. The van der Waals surface area contributed by atoms with Crippen LogP contribution in [0, 0.1) is 0 Å². The van der Waals surface area contributed by atoms with Gasteiger partial charge in [-0.2, -0.15) is 0 Å². The van der Waals surface area contributed by atoms with Crippen LogP contribution in [0.5, 0.6) is 0 Å². The summed E-state index contributed by atoms with van der Waals surface area (Å²) in [5.41, 5.74) is 2.67. The summed E-state index contributed by atoms with van der Waals surface area (Å²) in [7, 11) is 0. The van der Waals surface area contributed by atoms with E-state index < -0.39 is 0 Å². The van der Waals surface area contributed by atoms with Crippen molar-refractivity contribution in [2.24, 2.45) is 0 Å². The molecule has 3 heteroatoms. The first kappa shape index (κ1) is 16.8. The van der Waals surface area contributed by atoms with E-state index in [1.54, 1.807) is 12.3 Å². The Balaban J connectivity index is 1.76. The normalized spacial score (nSPS) is 12.6. The molecule has 25 heavy (non-hydrogen) atoms. The van der Waals surface area contributed by atoms with E-state index in [0.29, 0.717) is 17.9 Å². The van der Waals surface area contributed by atoms with Gasteiger partial charge in [0.1, 0.15) is 5.76 Å². The van der Waals surface area contributed by atoms with Crippen molar-refractivity contribution in [1.29, 1.82) is 0 Å². The van der Waals surface area contributed by atoms with Crippen molar-refractivity contribution >= 4 is 17.6 Å². The molecule has 0 fully saturated rings. The third kappa shape index (κ3) is 4.48. The number of hydrogen-bond donors (Lipinski definition) is 1. The highest BCUT2D eigenvalue weighted by Gasteiger charge is 2.14. The van der Waals surface area contributed by atoms with Gasteiger partial charge in [-0.15, -0.1) is 0 Å². The number of rotatable bonds is 6. The van der Waals surface area contributed by atoms with Crippen molar-refractivity contribution in [3.63, 3.8) is 0 Å². The molecule has 1 N–H and O–H groups in total. The average Bonchev–Trinajstić information content (AvgIpc) is 3.18. The molecule has 3 aromatic rings. The molecule has 0 aliphatic heterocycles. The lowest BCUT2D eigenvalue weighted by Crippen LogP contribution is -2.28. The molecule has 1 aromatic heterocycles. The minimum atomic E-state index is -0.106. The zero-order chi connectivity index (χ0) is 17.5. The summed E-state index contributed by atoms with van der Waals surface area (Å²) in [6, 6.07) is 23.5. The van der Waals surface area contributed by atoms with E-state index >= 15 is 0 Å². The number of carbonyl (C=O) groups is 1. The smallest absolute Gasteiger partial charge is 0.252 e. The molecule has 0 radical (unpaired) electrons. The molecule has 1 amide bonds. The molecule has 0 bridgehead atoms. The SMILES string of the molecule is CC(CNC(=O)/C(=C/c1ccco1)c1ccccc1)c1ccccc1. The van der Waals surface area contributed by atoms with Crippen molar-refractivity contribution in [2.75, 3.05) is 6.54 Å². The fourth-order valence-corrected chi connectivity index (χ4v) is 2.65. The Morgan fingerprint density at radius 1 is 1.00 bits per heavy atom. The predicted molar refractivity (Wildman–Crippen MR) is 101 cm³/mol. The molecule has 2 aromatic carbocycles. The zero-order valence-electron chi connectivity index (χ0n) is 14.2. The third-order valence-corrected chi connectivity index (χ3v) is 4.10. The Kier molecular flexibility index (Phi) is 5.47. The van der Waals surface area contributed by atoms with Gasteiger partial charge in [-0.25, -0.2) is 0 Å². The first-order valence-electron chi connectivity index (χ1n) is 8.38. The molecule has 1 heterocycles. The van der Waals surface area contributed by atoms with Crippen LogP contribution in [0.1, 0.15) is 29.7 Å². The summed E-state index contributed by atoms with van der Waals surface area (Å²) in [6.07, 6.45) is 3.38. The Morgan fingerprint density at radius 2 is 1.68 bits per heavy atom. The van der Waals surface area contributed by atoms with Crippen LogP contribution in [0.3, 0.4) is 0 Å². The number of furan rings is 1. The van der Waals surface area contributed by atoms with Crippen LogP contribution in [-0.2, 0) is 4.79 Å². The van der Waals surface area contributed by atoms with Crippen LogP contribution >= 0.6 is 0 Å². The molecule has 126 valence electrons. The van der Waals surface area contributed by atoms with Gasteiger partial charge in [0.15, 0.2) is 0 Å². The van der Waals surface area contributed by atoms with E-state index in [1.165, 1.54) is 5.56 Å². The van der Waals surface area contributed by atoms with Crippen molar-refractivity contribution in [3.05, 3.63) is 95.9 Å². The average molecular weight is 331 g/mol. The van der Waals surface area contributed by atoms with Gasteiger partial charge in [0, 0.05) is 6.54 Å². The Labute approximate surface area is 148 Å². The minimum absolute atomic E-state index is 0.106. The molecular weight excluding hydrogens is 310 g/mol. The van der Waals surface area contributed by atoms with E-state index in [1.807, 2.05) is 60.7 Å². The van der Waals surface area contributed by atoms with Gasteiger partial charge in [0.05, 0.1) is 11.8 Å². The highest BCUT2D eigenvalue weighted by molar-refractivity contribution is 6.24. The molecule has 3 nitrogen and oxygen atoms in total. The maximum Gasteiger partial charge on any atom is 0.252 e. The Bertz CT molecular complexity index is 821. The number of nitrogens with one attached hydrogen (secondary N) is 1. The van der Waals surface area contributed by atoms with Gasteiger partial charge >= 0.3 is 0 Å². The topological polar surface area (TPSA) is 42.2 Å². The van der Waals surface area contributed by atoms with Crippen LogP contribution in [0.15, 0.2) is 83.5 Å². The number of amides is 1. The number of benzene rings is 2. The summed E-state index contributed by atoms with van der Waals surface area (Å²) in [6.45, 7) is 2.68. The van der Waals surface area contributed by atoms with Gasteiger partial charge in [-0.1, -0.05) is 67.6 Å². The van der Waals surface area contributed by atoms with Crippen molar-refractivity contribution < 1.29 is 9.21 Å². The molecule has 0 aliphatic rings. The predicted octanol–water partition coefficient (Wildman–Crippen LogP) is 4.74. The van der Waals surface area contributed by atoms with E-state index in [9.17, 15) is 4.79 Å². The van der Waals surface area contributed by atoms with Crippen LogP contribution in [-0.4, -0.2) is 12.5 Å². The second-order valence-electron chi connectivity index (χ2n) is 5.96. The van der Waals surface area contributed by atoms with E-state index in [4.69, 9.17) is 4.42 Å². The van der Waals surface area contributed by atoms with E-state index in [-0.39, 0.29) is 11.8 Å². The van der Waals surface area contributed by atoms with Gasteiger partial charge in [0.2, 0.25) is 0 Å². The highest BCUT2D eigenvalue weighted by Crippen LogP contribution is 2.20. The summed E-state index contributed by atoms with van der Waals surface area (Å²) < 4.78 is 5.37. The maximum absolute atomic E-state index is 12.8. The van der Waals surface area contributed by atoms with Gasteiger partial charge < -0.3 is 9.73 Å². The van der Waals surface area contributed by atoms with Crippen LogP contribution in [0.25, 0.3) is 11.6 Å². The lowest BCUT2D eigenvalue weighted by molar-refractivity contribution is -0.115. The molecule has 1 unspecified atom stereocenters. The van der Waals surface area contributed by atoms with Crippen LogP contribution in [0.4, 0.5) is 0 Å². The van der Waals surface area contributed by atoms with Crippen molar-refractivity contribution in [1.82, 2.24) is 5.32 Å². The monoisotopic (exact) mass is 331 g/mol. The quantitative estimate of drug-likeness (QED) is 0.663. The second kappa shape index (κ2) is 8.15. The first-order chi connectivity index (χ1) is 12.2. The maximum atomic E-state index is 12.8. The lowest BCUT2D eigenvalue weighted by Gasteiger charge is -2.14. The molecule has 0 saturated carbocycles. The van der Waals surface area contributed by atoms with Gasteiger partial charge in [-0.3, -0.25) is 4.79 Å². The second-order valence-corrected chi connectivity index (χ2v) is 5.96. The van der Waals surface area contributed by atoms with Gasteiger partial charge in [0.25, 0.3) is 5.91 Å². The summed E-state index contributed by atoms with van der Waals surface area (Å²) in [5, 5.41) is 3.04. The standard InChI is InChI=1S/C22H21NO2/c1-17(18-9-4-2-5-10-18)16-23-22(24)21(15-20-13-8-14-25-20)19-11-6-3-7-12-19/h2-15,17H,16H2,1H3,(H,23,24)/b21-15+. The van der Waals surface area contributed by atoms with Crippen molar-refractivity contribution in [3.8, 4) is 0 Å². The van der Waals surface area contributed by atoms with Crippen molar-refractivity contribution in [2.45, 2.75) is 12.8 Å². The molecule has 0 aliphatic carbocycles. The number of hydrogen-bond acceptors (Lipinski definition) is 2. The Hall–Kier alpha value is -3.07. The third-order valence-electron chi connectivity index (χ3n) is 4.10. The molecule has 0 saturated heterocycles. The van der Waals surface area contributed by atoms with E-state index in [0.717, 1.165) is 5.56 Å².